The first-order valence-corrected chi connectivity index (χ1v) is 4.98. The average molecular weight is 233 g/mol. The molecule has 0 aromatic carbocycles. The first-order chi connectivity index (χ1) is 8.11. The van der Waals surface area contributed by atoms with E-state index in [9.17, 15) is 4.79 Å². The van der Waals surface area contributed by atoms with Crippen LogP contribution >= 0.6 is 0 Å². The van der Waals surface area contributed by atoms with E-state index in [1.54, 1.807) is 0 Å². The van der Waals surface area contributed by atoms with Gasteiger partial charge in [0, 0.05) is 5.69 Å². The summed E-state index contributed by atoms with van der Waals surface area (Å²) in [6, 6.07) is 3.66. The zero-order valence-electron chi connectivity index (χ0n) is 9.72. The molecule has 0 saturated carbocycles. The summed E-state index contributed by atoms with van der Waals surface area (Å²) in [6.45, 7) is 3.73. The fraction of sp³-hybridized carbons (Fsp3) is 0.273. The number of esters is 1. The molecule has 0 amide bonds. The Hall–Kier alpha value is -2.24. The van der Waals surface area contributed by atoms with Crippen molar-refractivity contribution in [1.29, 1.82) is 0 Å². The molecule has 0 atom stereocenters. The first-order valence-electron chi connectivity index (χ1n) is 4.98. The van der Waals surface area contributed by atoms with Crippen molar-refractivity contribution in [1.82, 2.24) is 15.2 Å². The van der Waals surface area contributed by atoms with Crippen molar-refractivity contribution in [3.8, 4) is 11.5 Å². The monoisotopic (exact) mass is 233 g/mol. The minimum Gasteiger partial charge on any atom is -0.462 e. The fourth-order valence-corrected chi connectivity index (χ4v) is 1.41. The quantitative estimate of drug-likeness (QED) is 0.732. The Kier molecular flexibility index (Phi) is 2.86. The molecule has 6 nitrogen and oxygen atoms in total. The van der Waals surface area contributed by atoms with Crippen LogP contribution in [0, 0.1) is 13.8 Å². The minimum atomic E-state index is -0.651. The predicted molar refractivity (Wildman–Crippen MR) is 58.3 cm³/mol. The molecule has 0 spiro atoms. The van der Waals surface area contributed by atoms with E-state index in [0.29, 0.717) is 5.56 Å². The van der Waals surface area contributed by atoms with Crippen LogP contribution < -0.4 is 0 Å². The molecule has 2 rings (SSSR count). The second-order valence-electron chi connectivity index (χ2n) is 3.49. The molecule has 0 N–H and O–H groups in total. The molecular formula is C11H11N3O3. The van der Waals surface area contributed by atoms with E-state index in [4.69, 9.17) is 4.42 Å². The zero-order valence-corrected chi connectivity index (χ0v) is 9.72. The van der Waals surface area contributed by atoms with Crippen LogP contribution in [0.5, 0.6) is 0 Å². The lowest BCUT2D eigenvalue weighted by Crippen LogP contribution is -2.00. The zero-order chi connectivity index (χ0) is 12.4. The second kappa shape index (κ2) is 4.32. The summed E-state index contributed by atoms with van der Waals surface area (Å²) in [5.41, 5.74) is 2.38. The van der Waals surface area contributed by atoms with Crippen LogP contribution in [-0.2, 0) is 4.74 Å². The topological polar surface area (TPSA) is 78.1 Å². The number of carbonyl (C=O) groups excluding carboxylic acids is 1. The highest BCUT2D eigenvalue weighted by atomic mass is 16.5. The smallest absolute Gasteiger partial charge is 0.396 e. The van der Waals surface area contributed by atoms with Crippen molar-refractivity contribution < 1.29 is 13.9 Å². The van der Waals surface area contributed by atoms with Crippen LogP contribution in [0.1, 0.15) is 22.1 Å². The maximum absolute atomic E-state index is 11.2. The summed E-state index contributed by atoms with van der Waals surface area (Å²) in [6.07, 6.45) is 0. The van der Waals surface area contributed by atoms with Crippen LogP contribution in [0.15, 0.2) is 16.5 Å². The van der Waals surface area contributed by atoms with Gasteiger partial charge in [-0.25, -0.2) is 4.79 Å². The molecule has 2 aromatic rings. The Morgan fingerprint density at radius 3 is 2.71 bits per heavy atom. The molecule has 6 heteroatoms. The molecule has 0 unspecified atom stereocenters. The van der Waals surface area contributed by atoms with E-state index in [1.165, 1.54) is 7.11 Å². The molecule has 0 aliphatic carbocycles. The summed E-state index contributed by atoms with van der Waals surface area (Å²) >= 11 is 0. The van der Waals surface area contributed by atoms with Gasteiger partial charge in [-0.05, 0) is 26.0 Å². The van der Waals surface area contributed by atoms with E-state index >= 15 is 0 Å². The van der Waals surface area contributed by atoms with Crippen molar-refractivity contribution in [2.24, 2.45) is 0 Å². The van der Waals surface area contributed by atoms with Crippen molar-refractivity contribution in [3.63, 3.8) is 0 Å². The molecule has 0 aliphatic rings. The SMILES string of the molecule is COC(=O)c1nnc(-c2ccc(C)nc2C)o1. The lowest BCUT2D eigenvalue weighted by molar-refractivity contribution is 0.0556. The molecular weight excluding hydrogens is 222 g/mol. The second-order valence-corrected chi connectivity index (χ2v) is 3.49. The van der Waals surface area contributed by atoms with E-state index in [2.05, 4.69) is 19.9 Å². The molecule has 2 aromatic heterocycles. The number of pyridine rings is 1. The molecule has 0 fully saturated rings. The summed E-state index contributed by atoms with van der Waals surface area (Å²) in [5.74, 6) is -0.556. The van der Waals surface area contributed by atoms with E-state index in [-0.39, 0.29) is 11.8 Å². The number of ether oxygens (including phenoxy) is 1. The Morgan fingerprint density at radius 1 is 1.29 bits per heavy atom. The van der Waals surface area contributed by atoms with E-state index < -0.39 is 5.97 Å². The average Bonchev–Trinajstić information content (AvgIpc) is 2.77. The lowest BCUT2D eigenvalue weighted by atomic mass is 10.2. The van der Waals surface area contributed by atoms with Crippen LogP contribution in [-0.4, -0.2) is 28.3 Å². The van der Waals surface area contributed by atoms with Gasteiger partial charge in [0.05, 0.1) is 18.4 Å². The third-order valence-electron chi connectivity index (χ3n) is 2.24. The highest BCUT2D eigenvalue weighted by molar-refractivity contribution is 5.84. The standard InChI is InChI=1S/C11H11N3O3/c1-6-4-5-8(7(2)12-6)9-13-14-10(17-9)11(15)16-3/h4-5H,1-3H3. The van der Waals surface area contributed by atoms with Crippen LogP contribution in [0.2, 0.25) is 0 Å². The predicted octanol–water partition coefficient (Wildman–Crippen LogP) is 1.54. The Labute approximate surface area is 97.6 Å². The maximum atomic E-state index is 11.2. The molecule has 17 heavy (non-hydrogen) atoms. The van der Waals surface area contributed by atoms with E-state index in [0.717, 1.165) is 11.4 Å². The number of carbonyl (C=O) groups is 1. The minimum absolute atomic E-state index is 0.164. The summed E-state index contributed by atoms with van der Waals surface area (Å²) in [4.78, 5) is 15.4. The largest absolute Gasteiger partial charge is 0.462 e. The van der Waals surface area contributed by atoms with Crippen molar-refractivity contribution in [2.45, 2.75) is 13.8 Å². The molecule has 0 radical (unpaired) electrons. The molecule has 2 heterocycles. The number of aromatic nitrogens is 3. The lowest BCUT2D eigenvalue weighted by Gasteiger charge is -2.00. The van der Waals surface area contributed by atoms with Crippen molar-refractivity contribution >= 4 is 5.97 Å². The van der Waals surface area contributed by atoms with Crippen LogP contribution in [0.25, 0.3) is 11.5 Å². The van der Waals surface area contributed by atoms with Gasteiger partial charge in [-0.2, -0.15) is 0 Å². The number of hydrogen-bond donors (Lipinski definition) is 0. The van der Waals surface area contributed by atoms with Gasteiger partial charge in [0.15, 0.2) is 0 Å². The maximum Gasteiger partial charge on any atom is 0.396 e. The normalized spacial score (nSPS) is 10.3. The number of rotatable bonds is 2. The number of hydrogen-bond acceptors (Lipinski definition) is 6. The summed E-state index contributed by atoms with van der Waals surface area (Å²) < 4.78 is 9.69. The Bertz CT molecular complexity index is 563. The van der Waals surface area contributed by atoms with Crippen LogP contribution in [0.3, 0.4) is 0 Å². The first kappa shape index (κ1) is 11.3. The molecule has 0 bridgehead atoms. The third-order valence-corrected chi connectivity index (χ3v) is 2.24. The van der Waals surface area contributed by atoms with Gasteiger partial charge in [-0.15, -0.1) is 10.2 Å². The van der Waals surface area contributed by atoms with Crippen molar-refractivity contribution in [3.05, 3.63) is 29.4 Å². The van der Waals surface area contributed by atoms with Gasteiger partial charge in [-0.3, -0.25) is 4.98 Å². The van der Waals surface area contributed by atoms with Gasteiger partial charge in [-0.1, -0.05) is 0 Å². The summed E-state index contributed by atoms with van der Waals surface area (Å²) in [7, 11) is 1.25. The van der Waals surface area contributed by atoms with Gasteiger partial charge in [0.25, 0.3) is 0 Å². The Balaban J connectivity index is 2.40. The highest BCUT2D eigenvalue weighted by Crippen LogP contribution is 2.21. The fourth-order valence-electron chi connectivity index (χ4n) is 1.41. The highest BCUT2D eigenvalue weighted by Gasteiger charge is 2.17. The molecule has 0 aliphatic heterocycles. The van der Waals surface area contributed by atoms with Gasteiger partial charge in [0.2, 0.25) is 5.89 Å². The summed E-state index contributed by atoms with van der Waals surface area (Å²) in [5, 5.41) is 7.40. The Morgan fingerprint density at radius 2 is 2.06 bits per heavy atom. The van der Waals surface area contributed by atoms with Crippen LogP contribution in [0.4, 0.5) is 0 Å². The van der Waals surface area contributed by atoms with Gasteiger partial charge < -0.3 is 9.15 Å². The number of aryl methyl sites for hydroxylation is 2. The number of methoxy groups -OCH3 is 1. The van der Waals surface area contributed by atoms with E-state index in [1.807, 2.05) is 26.0 Å². The van der Waals surface area contributed by atoms with Crippen molar-refractivity contribution in [2.75, 3.05) is 7.11 Å². The van der Waals surface area contributed by atoms with Gasteiger partial charge in [0.1, 0.15) is 0 Å². The molecule has 0 saturated heterocycles. The number of nitrogens with zero attached hydrogens (tertiary/aromatic N) is 3. The van der Waals surface area contributed by atoms with Gasteiger partial charge >= 0.3 is 11.9 Å². The molecule has 88 valence electrons. The third kappa shape index (κ3) is 2.15.